The smallest absolute Gasteiger partial charge is 0.241 e. The van der Waals surface area contributed by atoms with Crippen molar-refractivity contribution in [3.8, 4) is 11.4 Å². The van der Waals surface area contributed by atoms with E-state index in [0.29, 0.717) is 29.8 Å². The van der Waals surface area contributed by atoms with Crippen molar-refractivity contribution in [1.29, 1.82) is 0 Å². The molecule has 3 aromatic rings. The van der Waals surface area contributed by atoms with Crippen LogP contribution in [0, 0.1) is 19.8 Å². The zero-order valence-electron chi connectivity index (χ0n) is 19.5. The molecule has 0 bridgehead atoms. The van der Waals surface area contributed by atoms with Crippen LogP contribution in [0.4, 0.5) is 0 Å². The van der Waals surface area contributed by atoms with Gasteiger partial charge in [-0.2, -0.15) is 4.98 Å². The molecule has 0 saturated carbocycles. The molecule has 1 fully saturated rings. The van der Waals surface area contributed by atoms with E-state index in [4.69, 9.17) is 16.1 Å². The number of aromatic nitrogens is 2. The van der Waals surface area contributed by atoms with Gasteiger partial charge in [0.1, 0.15) is 0 Å². The molecule has 2 heterocycles. The van der Waals surface area contributed by atoms with Gasteiger partial charge >= 0.3 is 0 Å². The summed E-state index contributed by atoms with van der Waals surface area (Å²) in [6.07, 6.45) is 2.71. The molecule has 0 aliphatic carbocycles. The summed E-state index contributed by atoms with van der Waals surface area (Å²) in [5.41, 5.74) is 4.40. The summed E-state index contributed by atoms with van der Waals surface area (Å²) >= 11 is 6.25. The number of halogens is 1. The van der Waals surface area contributed by atoms with E-state index >= 15 is 0 Å². The van der Waals surface area contributed by atoms with Crippen LogP contribution in [0.15, 0.2) is 47.0 Å². The van der Waals surface area contributed by atoms with E-state index in [1.807, 2.05) is 24.3 Å². The van der Waals surface area contributed by atoms with Gasteiger partial charge in [-0.05, 0) is 62.9 Å². The van der Waals surface area contributed by atoms with Gasteiger partial charge in [0.05, 0.1) is 23.5 Å². The van der Waals surface area contributed by atoms with Crippen LogP contribution in [-0.2, 0) is 11.3 Å². The van der Waals surface area contributed by atoms with Crippen molar-refractivity contribution in [3.63, 3.8) is 0 Å². The van der Waals surface area contributed by atoms with Crippen LogP contribution in [0.3, 0.4) is 0 Å². The van der Waals surface area contributed by atoms with Gasteiger partial charge < -0.3 is 9.84 Å². The summed E-state index contributed by atoms with van der Waals surface area (Å²) in [4.78, 5) is 19.9. The Kier molecular flexibility index (Phi) is 7.46. The second-order valence-electron chi connectivity index (χ2n) is 8.90. The molecule has 1 aliphatic heterocycles. The molecule has 7 heteroatoms. The molecule has 33 heavy (non-hydrogen) atoms. The Morgan fingerprint density at radius 1 is 1.27 bits per heavy atom. The molecule has 4 rings (SSSR count). The fraction of sp³-hybridized carbons (Fsp3) is 0.423. The van der Waals surface area contributed by atoms with Gasteiger partial charge in [0.25, 0.3) is 0 Å². The summed E-state index contributed by atoms with van der Waals surface area (Å²) in [5, 5.41) is 7.98. The maximum atomic E-state index is 13.1. The number of hydrogen-bond donors (Lipinski definition) is 1. The topological polar surface area (TPSA) is 71.3 Å². The van der Waals surface area contributed by atoms with Crippen LogP contribution in [0.2, 0.25) is 5.02 Å². The summed E-state index contributed by atoms with van der Waals surface area (Å²) < 4.78 is 5.47. The second-order valence-corrected chi connectivity index (χ2v) is 9.30. The molecular weight excluding hydrogens is 436 g/mol. The molecule has 174 valence electrons. The van der Waals surface area contributed by atoms with Crippen LogP contribution in [-0.4, -0.2) is 34.0 Å². The number of hydrogen-bond acceptors (Lipinski definition) is 5. The lowest BCUT2D eigenvalue weighted by Crippen LogP contribution is -2.43. The van der Waals surface area contributed by atoms with Gasteiger partial charge in [-0.25, -0.2) is 0 Å². The predicted molar refractivity (Wildman–Crippen MR) is 130 cm³/mol. The largest absolute Gasteiger partial charge is 0.349 e. The molecule has 1 saturated heterocycles. The average Bonchev–Trinajstić information content (AvgIpc) is 3.26. The van der Waals surface area contributed by atoms with Gasteiger partial charge in [0, 0.05) is 12.1 Å². The van der Waals surface area contributed by atoms with E-state index in [9.17, 15) is 4.79 Å². The summed E-state index contributed by atoms with van der Waals surface area (Å²) in [6.45, 7) is 8.42. The molecule has 1 aliphatic rings. The van der Waals surface area contributed by atoms with Crippen LogP contribution in [0.5, 0.6) is 0 Å². The minimum absolute atomic E-state index is 0.0302. The maximum absolute atomic E-state index is 13.1. The van der Waals surface area contributed by atoms with Crippen molar-refractivity contribution in [2.45, 2.75) is 52.6 Å². The van der Waals surface area contributed by atoms with Gasteiger partial charge in [-0.1, -0.05) is 59.6 Å². The Labute approximate surface area is 200 Å². The van der Waals surface area contributed by atoms with Crippen LogP contribution < -0.4 is 5.32 Å². The number of piperidine rings is 1. The number of rotatable bonds is 7. The number of likely N-dealkylation sites (tertiary alicyclic amines) is 1. The molecule has 0 radical (unpaired) electrons. The third-order valence-corrected chi connectivity index (χ3v) is 6.67. The number of carbonyl (C=O) groups is 1. The second kappa shape index (κ2) is 10.5. The number of nitrogens with zero attached hydrogens (tertiary/aromatic N) is 3. The van der Waals surface area contributed by atoms with E-state index in [-0.39, 0.29) is 17.9 Å². The van der Waals surface area contributed by atoms with Crippen molar-refractivity contribution < 1.29 is 9.32 Å². The molecule has 2 atom stereocenters. The Bertz CT molecular complexity index is 1110. The Hall–Kier alpha value is -2.70. The highest BCUT2D eigenvalue weighted by Crippen LogP contribution is 2.27. The quantitative estimate of drug-likeness (QED) is 0.498. The molecule has 6 nitrogen and oxygen atoms in total. The zero-order valence-corrected chi connectivity index (χ0v) is 20.2. The lowest BCUT2D eigenvalue weighted by molar-refractivity contribution is -0.127. The number of amides is 1. The molecule has 0 spiro atoms. The lowest BCUT2D eigenvalue weighted by atomic mass is 9.94. The molecule has 1 N–H and O–H groups in total. The fourth-order valence-corrected chi connectivity index (χ4v) is 4.80. The van der Waals surface area contributed by atoms with E-state index in [1.165, 1.54) is 16.7 Å². The summed E-state index contributed by atoms with van der Waals surface area (Å²) in [7, 11) is 0. The van der Waals surface area contributed by atoms with E-state index < -0.39 is 0 Å². The normalized spacial score (nSPS) is 17.6. The van der Waals surface area contributed by atoms with Gasteiger partial charge in [0.2, 0.25) is 17.6 Å². The number of carbonyl (C=O) groups excluding carboxylic acids is 1. The molecular formula is C26H31ClN4O2. The zero-order chi connectivity index (χ0) is 23.4. The summed E-state index contributed by atoms with van der Waals surface area (Å²) in [6, 6.07) is 13.9. The highest BCUT2D eigenvalue weighted by molar-refractivity contribution is 6.33. The number of nitrogens with one attached hydrogen (secondary N) is 1. The van der Waals surface area contributed by atoms with Gasteiger partial charge in [0.15, 0.2) is 0 Å². The van der Waals surface area contributed by atoms with Gasteiger partial charge in [-0.15, -0.1) is 0 Å². The third kappa shape index (κ3) is 5.63. The van der Waals surface area contributed by atoms with Crippen LogP contribution in [0.1, 0.15) is 54.8 Å². The Morgan fingerprint density at radius 2 is 2.09 bits per heavy atom. The number of benzene rings is 2. The minimum atomic E-state index is -0.0514. The maximum Gasteiger partial charge on any atom is 0.241 e. The van der Waals surface area contributed by atoms with Gasteiger partial charge in [-0.3, -0.25) is 9.69 Å². The van der Waals surface area contributed by atoms with E-state index in [2.05, 4.69) is 59.3 Å². The molecule has 2 aromatic carbocycles. The van der Waals surface area contributed by atoms with Crippen LogP contribution in [0.25, 0.3) is 11.4 Å². The first-order valence-electron chi connectivity index (χ1n) is 11.6. The first-order valence-corrected chi connectivity index (χ1v) is 12.0. The van der Waals surface area contributed by atoms with Crippen LogP contribution >= 0.6 is 11.6 Å². The first kappa shape index (κ1) is 23.5. The van der Waals surface area contributed by atoms with Crippen molar-refractivity contribution in [1.82, 2.24) is 20.4 Å². The summed E-state index contributed by atoms with van der Waals surface area (Å²) in [5.74, 6) is 1.09. The highest BCUT2D eigenvalue weighted by Gasteiger charge is 2.28. The molecule has 2 unspecified atom stereocenters. The minimum Gasteiger partial charge on any atom is -0.349 e. The van der Waals surface area contributed by atoms with Crippen molar-refractivity contribution in [3.05, 3.63) is 70.1 Å². The molecule has 1 amide bonds. The Morgan fingerprint density at radius 3 is 2.85 bits per heavy atom. The standard InChI is InChI=1S/C26H31ClN4O2/c1-4-23(20-12-11-17(2)14-18(20)3)28-26(32)19-8-7-13-31(15-19)16-24-29-25(30-33-24)21-9-5-6-10-22(21)27/h5-6,9-12,14,19,23H,4,7-8,13,15-16H2,1-3H3,(H,28,32). The monoisotopic (exact) mass is 466 g/mol. The predicted octanol–water partition coefficient (Wildman–Crippen LogP) is 5.49. The Balaban J connectivity index is 1.38. The first-order chi connectivity index (χ1) is 15.9. The van der Waals surface area contributed by atoms with Crippen molar-refractivity contribution in [2.75, 3.05) is 13.1 Å². The SMILES string of the molecule is CCC(NC(=O)C1CCCN(Cc2nc(-c3ccccc3Cl)no2)C1)c1ccc(C)cc1C. The fourth-order valence-electron chi connectivity index (χ4n) is 4.58. The van der Waals surface area contributed by atoms with E-state index in [0.717, 1.165) is 31.4 Å². The third-order valence-electron chi connectivity index (χ3n) is 6.34. The molecule has 1 aromatic heterocycles. The van der Waals surface area contributed by atoms with E-state index in [1.54, 1.807) is 0 Å². The van der Waals surface area contributed by atoms with Crippen molar-refractivity contribution >= 4 is 17.5 Å². The number of aryl methyl sites for hydroxylation is 2. The van der Waals surface area contributed by atoms with Crippen molar-refractivity contribution in [2.24, 2.45) is 5.92 Å². The highest BCUT2D eigenvalue weighted by atomic mass is 35.5. The lowest BCUT2D eigenvalue weighted by Gasteiger charge is -2.32. The average molecular weight is 467 g/mol.